The molecule has 9 nitrogen and oxygen atoms in total. The highest BCUT2D eigenvalue weighted by molar-refractivity contribution is 7.89. The molecule has 1 amide bonds. The predicted octanol–water partition coefficient (Wildman–Crippen LogP) is 2.64. The summed E-state index contributed by atoms with van der Waals surface area (Å²) in [5.74, 6) is -0.281. The molecule has 31 heavy (non-hydrogen) atoms. The maximum absolute atomic E-state index is 13.2. The van der Waals surface area contributed by atoms with E-state index in [2.05, 4.69) is 10.0 Å². The number of hydrogen-bond acceptors (Lipinski definition) is 6. The summed E-state index contributed by atoms with van der Waals surface area (Å²) in [6, 6.07) is 11.3. The van der Waals surface area contributed by atoms with Crippen LogP contribution in [0.4, 0.5) is 11.4 Å². The van der Waals surface area contributed by atoms with Crippen molar-refractivity contribution in [2.45, 2.75) is 29.9 Å². The number of nitrogens with one attached hydrogen (secondary N) is 2. The third-order valence-corrected chi connectivity index (χ3v) is 7.40. The molecule has 5 rings (SSSR count). The zero-order chi connectivity index (χ0) is 21.9. The molecule has 0 saturated carbocycles. The molecule has 3 N–H and O–H groups in total. The molecule has 0 aromatic heterocycles. The summed E-state index contributed by atoms with van der Waals surface area (Å²) in [5, 5.41) is 25.4. The Hall–Kier alpha value is -3.34. The second-order valence-corrected chi connectivity index (χ2v) is 9.33. The largest absolute Gasteiger partial charge is 0.387 e. The fraction of sp³-hybridized carbons (Fsp3) is 0.190. The Morgan fingerprint density at radius 1 is 1.16 bits per heavy atom. The topological polar surface area (TPSA) is 139 Å². The van der Waals surface area contributed by atoms with E-state index in [1.54, 1.807) is 18.2 Å². The Kier molecular flexibility index (Phi) is 4.33. The molecule has 3 aromatic carbocycles. The fourth-order valence-corrected chi connectivity index (χ4v) is 5.86. The van der Waals surface area contributed by atoms with E-state index < -0.39 is 27.1 Å². The minimum absolute atomic E-state index is 0.0197. The summed E-state index contributed by atoms with van der Waals surface area (Å²) >= 11 is 0. The average Bonchev–Trinajstić information content (AvgIpc) is 3.07. The van der Waals surface area contributed by atoms with Crippen molar-refractivity contribution in [2.75, 3.05) is 5.32 Å². The van der Waals surface area contributed by atoms with Crippen LogP contribution in [0.5, 0.6) is 0 Å². The molecule has 0 radical (unpaired) electrons. The summed E-state index contributed by atoms with van der Waals surface area (Å²) in [6.45, 7) is 0. The second kappa shape index (κ2) is 6.84. The van der Waals surface area contributed by atoms with Gasteiger partial charge in [-0.25, -0.2) is 13.1 Å². The lowest BCUT2D eigenvalue weighted by Crippen LogP contribution is -2.41. The van der Waals surface area contributed by atoms with Gasteiger partial charge in [0.15, 0.2) is 0 Å². The van der Waals surface area contributed by atoms with Crippen LogP contribution in [0.1, 0.15) is 34.0 Å². The van der Waals surface area contributed by atoms with E-state index in [0.29, 0.717) is 39.6 Å². The van der Waals surface area contributed by atoms with Gasteiger partial charge < -0.3 is 10.4 Å². The number of fused-ring (bicyclic) bond motifs is 1. The molecule has 0 saturated heterocycles. The third kappa shape index (κ3) is 3.07. The third-order valence-electron chi connectivity index (χ3n) is 5.85. The van der Waals surface area contributed by atoms with E-state index in [4.69, 9.17) is 0 Å². The Balaban J connectivity index is 1.49. The number of sulfonamides is 1. The highest BCUT2D eigenvalue weighted by Crippen LogP contribution is 2.37. The van der Waals surface area contributed by atoms with Gasteiger partial charge in [0.1, 0.15) is 0 Å². The molecule has 0 fully saturated rings. The number of nitrogens with zero attached hydrogens (tertiary/aromatic N) is 1. The lowest BCUT2D eigenvalue weighted by atomic mass is 9.86. The van der Waals surface area contributed by atoms with E-state index in [1.807, 2.05) is 0 Å². The Morgan fingerprint density at radius 3 is 2.74 bits per heavy atom. The molecule has 3 aromatic rings. The van der Waals surface area contributed by atoms with E-state index in [1.165, 1.54) is 30.3 Å². The lowest BCUT2D eigenvalue weighted by molar-refractivity contribution is -0.385. The summed E-state index contributed by atoms with van der Waals surface area (Å²) in [6.07, 6.45) is -0.460. The molecule has 2 aliphatic rings. The number of aliphatic hydroxyl groups is 1. The molecule has 1 aliphatic carbocycles. The number of non-ortho nitro benzene ring substituents is 1. The lowest BCUT2D eigenvalue weighted by Gasteiger charge is -2.30. The molecule has 0 bridgehead atoms. The normalized spacial score (nSPS) is 19.8. The van der Waals surface area contributed by atoms with E-state index in [9.17, 15) is 28.4 Å². The summed E-state index contributed by atoms with van der Waals surface area (Å²) in [7, 11) is -4.02. The van der Waals surface area contributed by atoms with Crippen molar-refractivity contribution < 1.29 is 23.2 Å². The van der Waals surface area contributed by atoms with E-state index in [-0.39, 0.29) is 22.9 Å². The van der Waals surface area contributed by atoms with Crippen LogP contribution in [-0.2, 0) is 16.4 Å². The van der Waals surface area contributed by atoms with Crippen LogP contribution in [0.15, 0.2) is 53.4 Å². The predicted molar refractivity (Wildman–Crippen MR) is 112 cm³/mol. The van der Waals surface area contributed by atoms with Gasteiger partial charge in [-0.1, -0.05) is 12.1 Å². The number of benzene rings is 3. The number of nitro benzene ring substituents is 1. The van der Waals surface area contributed by atoms with Crippen LogP contribution in [0.3, 0.4) is 0 Å². The molecular weight excluding hydrogens is 422 g/mol. The van der Waals surface area contributed by atoms with Crippen LogP contribution in [0.2, 0.25) is 0 Å². The fourth-order valence-electron chi connectivity index (χ4n) is 4.38. The summed E-state index contributed by atoms with van der Waals surface area (Å²) in [4.78, 5) is 22.6. The number of carbonyl (C=O) groups is 1. The summed E-state index contributed by atoms with van der Waals surface area (Å²) in [5.41, 5.74) is 2.01. The van der Waals surface area contributed by atoms with Crippen molar-refractivity contribution >= 4 is 38.1 Å². The molecule has 158 valence electrons. The molecule has 2 unspecified atom stereocenters. The number of amides is 1. The zero-order valence-electron chi connectivity index (χ0n) is 16.0. The molecule has 0 spiro atoms. The van der Waals surface area contributed by atoms with Gasteiger partial charge in [0.25, 0.3) is 11.6 Å². The maximum Gasteiger partial charge on any atom is 0.269 e. The van der Waals surface area contributed by atoms with E-state index in [0.717, 1.165) is 0 Å². The quantitative estimate of drug-likeness (QED) is 0.422. The monoisotopic (exact) mass is 439 g/mol. The molecule has 1 aliphatic heterocycles. The van der Waals surface area contributed by atoms with Crippen molar-refractivity contribution in [3.05, 3.63) is 75.3 Å². The molecule has 2 atom stereocenters. The SMILES string of the molecule is O=C1Nc2cccc3c(S(=O)(=O)NC4CCc5cc([N+](=O)[O-])ccc5C4O)ccc1c23. The minimum Gasteiger partial charge on any atom is -0.387 e. The smallest absolute Gasteiger partial charge is 0.269 e. The standard InChI is InChI=1S/C21H17N3O6S/c25-20-13-6-5-12(24(27)28)10-11(13)4-8-17(20)23-31(29,30)18-9-7-15-19-14(18)2-1-3-16(19)22-21(15)26/h1-3,5-7,9-10,17,20,23,25H,4,8H2,(H,22,26). The van der Waals surface area contributed by atoms with Gasteiger partial charge in [-0.3, -0.25) is 14.9 Å². The minimum atomic E-state index is -4.02. The van der Waals surface area contributed by atoms with Crippen molar-refractivity contribution in [2.24, 2.45) is 0 Å². The number of carbonyl (C=O) groups excluding carboxylic acids is 1. The number of aryl methyl sites for hydroxylation is 1. The zero-order valence-corrected chi connectivity index (χ0v) is 16.8. The number of nitro groups is 1. The first-order valence-corrected chi connectivity index (χ1v) is 11.1. The van der Waals surface area contributed by atoms with E-state index >= 15 is 0 Å². The van der Waals surface area contributed by atoms with Gasteiger partial charge >= 0.3 is 0 Å². The van der Waals surface area contributed by atoms with Gasteiger partial charge in [-0.05, 0) is 48.2 Å². The Bertz CT molecular complexity index is 1390. The average molecular weight is 439 g/mol. The number of anilines is 1. The second-order valence-electron chi connectivity index (χ2n) is 7.65. The van der Waals surface area contributed by atoms with Gasteiger partial charge in [0.2, 0.25) is 10.0 Å². The van der Waals surface area contributed by atoms with Crippen LogP contribution in [-0.4, -0.2) is 30.4 Å². The summed E-state index contributed by atoms with van der Waals surface area (Å²) < 4.78 is 29.0. The van der Waals surface area contributed by atoms with Gasteiger partial charge in [-0.15, -0.1) is 0 Å². The van der Waals surface area contributed by atoms with Gasteiger partial charge in [-0.2, -0.15) is 0 Å². The van der Waals surface area contributed by atoms with Crippen LogP contribution in [0, 0.1) is 10.1 Å². The number of rotatable bonds is 4. The highest BCUT2D eigenvalue weighted by Gasteiger charge is 2.34. The Morgan fingerprint density at radius 2 is 1.97 bits per heavy atom. The van der Waals surface area contributed by atoms with Crippen LogP contribution >= 0.6 is 0 Å². The first kappa shape index (κ1) is 19.6. The Labute approximate surface area is 176 Å². The van der Waals surface area contributed by atoms with Crippen molar-refractivity contribution in [3.63, 3.8) is 0 Å². The van der Waals surface area contributed by atoms with Crippen molar-refractivity contribution in [1.29, 1.82) is 0 Å². The number of hydrogen-bond donors (Lipinski definition) is 3. The first-order valence-electron chi connectivity index (χ1n) is 9.61. The molecular formula is C21H17N3O6S. The molecule has 10 heteroatoms. The van der Waals surface area contributed by atoms with Crippen LogP contribution in [0.25, 0.3) is 10.8 Å². The van der Waals surface area contributed by atoms with Crippen molar-refractivity contribution in [3.8, 4) is 0 Å². The highest BCUT2D eigenvalue weighted by atomic mass is 32.2. The van der Waals surface area contributed by atoms with Gasteiger partial charge in [0, 0.05) is 34.2 Å². The first-order chi connectivity index (χ1) is 14.8. The van der Waals surface area contributed by atoms with Crippen molar-refractivity contribution in [1.82, 2.24) is 4.72 Å². The van der Waals surface area contributed by atoms with Crippen LogP contribution < -0.4 is 10.0 Å². The molecule has 1 heterocycles. The number of aliphatic hydroxyl groups excluding tert-OH is 1. The van der Waals surface area contributed by atoms with Gasteiger partial charge in [0.05, 0.1) is 22.0 Å². The maximum atomic E-state index is 13.2.